The molecule has 1 unspecified atom stereocenters. The molecule has 1 amide bonds. The summed E-state index contributed by atoms with van der Waals surface area (Å²) in [6.45, 7) is 3.79. The molecule has 2 heterocycles. The minimum atomic E-state index is -0.314. The number of nitrogens with zero attached hydrogens (tertiary/aromatic N) is 1. The highest BCUT2D eigenvalue weighted by atomic mass is 32.2. The van der Waals surface area contributed by atoms with Crippen LogP contribution in [-0.2, 0) is 10.5 Å². The summed E-state index contributed by atoms with van der Waals surface area (Å²) in [5, 5.41) is 6.37. The van der Waals surface area contributed by atoms with Crippen molar-refractivity contribution in [2.24, 2.45) is 5.41 Å². The van der Waals surface area contributed by atoms with Gasteiger partial charge < -0.3 is 10.6 Å². The molecule has 1 atom stereocenters. The van der Waals surface area contributed by atoms with Gasteiger partial charge in [0.1, 0.15) is 0 Å². The fraction of sp³-hybridized carbons (Fsp3) is 0.368. The van der Waals surface area contributed by atoms with E-state index in [-0.39, 0.29) is 11.3 Å². The molecule has 4 nitrogen and oxygen atoms in total. The summed E-state index contributed by atoms with van der Waals surface area (Å²) in [7, 11) is 0. The molecule has 1 aliphatic heterocycles. The molecule has 126 valence electrons. The van der Waals surface area contributed by atoms with Gasteiger partial charge in [-0.3, -0.25) is 9.78 Å². The first-order valence-corrected chi connectivity index (χ1v) is 9.28. The van der Waals surface area contributed by atoms with Gasteiger partial charge in [0.25, 0.3) is 0 Å². The van der Waals surface area contributed by atoms with Crippen LogP contribution in [0.2, 0.25) is 0 Å². The standard InChI is InChI=1S/C19H23N3OS/c1-19(9-3-11-21-14-19)18(23)22-16-5-7-17(8-6-16)24-13-15-4-2-10-20-12-15/h2,4-8,10,12,21H,3,9,11,13-14H2,1H3,(H,22,23). The van der Waals surface area contributed by atoms with Crippen LogP contribution in [0, 0.1) is 5.41 Å². The van der Waals surface area contributed by atoms with Gasteiger partial charge in [0.2, 0.25) is 5.91 Å². The van der Waals surface area contributed by atoms with E-state index in [1.165, 1.54) is 10.5 Å². The van der Waals surface area contributed by atoms with Crippen LogP contribution in [0.25, 0.3) is 0 Å². The highest BCUT2D eigenvalue weighted by molar-refractivity contribution is 7.98. The Bertz CT molecular complexity index is 667. The van der Waals surface area contributed by atoms with Crippen molar-refractivity contribution >= 4 is 23.4 Å². The van der Waals surface area contributed by atoms with E-state index in [0.717, 1.165) is 37.4 Å². The zero-order chi connectivity index (χ0) is 16.8. The van der Waals surface area contributed by atoms with Crippen molar-refractivity contribution in [2.45, 2.75) is 30.4 Å². The number of amides is 1. The number of carbonyl (C=O) groups excluding carboxylic acids is 1. The third-order valence-electron chi connectivity index (χ3n) is 4.39. The van der Waals surface area contributed by atoms with Gasteiger partial charge in [0, 0.05) is 35.3 Å². The molecule has 1 aromatic carbocycles. The first-order chi connectivity index (χ1) is 11.7. The maximum atomic E-state index is 12.5. The third-order valence-corrected chi connectivity index (χ3v) is 5.47. The van der Waals surface area contributed by atoms with E-state index < -0.39 is 0 Å². The first-order valence-electron chi connectivity index (χ1n) is 8.30. The van der Waals surface area contributed by atoms with Crippen LogP contribution in [0.3, 0.4) is 0 Å². The maximum Gasteiger partial charge on any atom is 0.231 e. The summed E-state index contributed by atoms with van der Waals surface area (Å²) in [6.07, 6.45) is 5.66. The van der Waals surface area contributed by atoms with E-state index in [0.29, 0.717) is 0 Å². The van der Waals surface area contributed by atoms with Crippen molar-refractivity contribution in [1.29, 1.82) is 0 Å². The number of carbonyl (C=O) groups is 1. The highest BCUT2D eigenvalue weighted by Crippen LogP contribution is 2.28. The molecule has 1 fully saturated rings. The van der Waals surface area contributed by atoms with Gasteiger partial charge >= 0.3 is 0 Å². The van der Waals surface area contributed by atoms with E-state index in [9.17, 15) is 4.79 Å². The van der Waals surface area contributed by atoms with Gasteiger partial charge in [-0.2, -0.15) is 0 Å². The second-order valence-electron chi connectivity index (χ2n) is 6.47. The van der Waals surface area contributed by atoms with Gasteiger partial charge in [-0.15, -0.1) is 11.8 Å². The minimum Gasteiger partial charge on any atom is -0.326 e. The molecule has 1 saturated heterocycles. The van der Waals surface area contributed by atoms with Gasteiger partial charge in [0.05, 0.1) is 5.41 Å². The van der Waals surface area contributed by atoms with E-state index in [2.05, 4.69) is 33.8 Å². The molecule has 2 N–H and O–H groups in total. The number of rotatable bonds is 5. The fourth-order valence-electron chi connectivity index (χ4n) is 2.82. The summed E-state index contributed by atoms with van der Waals surface area (Å²) in [6, 6.07) is 12.1. The monoisotopic (exact) mass is 341 g/mol. The summed E-state index contributed by atoms with van der Waals surface area (Å²) in [5.41, 5.74) is 1.75. The Morgan fingerprint density at radius 3 is 2.83 bits per heavy atom. The number of pyridine rings is 1. The van der Waals surface area contributed by atoms with Crippen LogP contribution < -0.4 is 10.6 Å². The average molecular weight is 341 g/mol. The van der Waals surface area contributed by atoms with Crippen molar-refractivity contribution in [1.82, 2.24) is 10.3 Å². The molecule has 0 bridgehead atoms. The van der Waals surface area contributed by atoms with Crippen LogP contribution in [0.1, 0.15) is 25.3 Å². The number of hydrogen-bond acceptors (Lipinski definition) is 4. The molecule has 3 rings (SSSR count). The summed E-state index contributed by atoms with van der Waals surface area (Å²) >= 11 is 1.77. The van der Waals surface area contributed by atoms with Crippen LogP contribution in [0.15, 0.2) is 53.7 Å². The van der Waals surface area contributed by atoms with Gasteiger partial charge in [-0.25, -0.2) is 0 Å². The third kappa shape index (κ3) is 4.36. The number of benzene rings is 1. The lowest BCUT2D eigenvalue weighted by atomic mass is 9.82. The van der Waals surface area contributed by atoms with Crippen LogP contribution in [0.5, 0.6) is 0 Å². The number of anilines is 1. The molecule has 24 heavy (non-hydrogen) atoms. The van der Waals surface area contributed by atoms with Gasteiger partial charge in [-0.05, 0) is 62.2 Å². The van der Waals surface area contributed by atoms with E-state index in [1.54, 1.807) is 18.0 Å². The molecule has 0 spiro atoms. The Morgan fingerprint density at radius 1 is 1.33 bits per heavy atom. The fourth-order valence-corrected chi connectivity index (χ4v) is 3.65. The highest BCUT2D eigenvalue weighted by Gasteiger charge is 2.34. The Morgan fingerprint density at radius 2 is 2.17 bits per heavy atom. The lowest BCUT2D eigenvalue weighted by molar-refractivity contribution is -0.125. The van der Waals surface area contributed by atoms with Crippen molar-refractivity contribution in [3.63, 3.8) is 0 Å². The molecular formula is C19H23N3OS. The average Bonchev–Trinajstić information content (AvgIpc) is 2.62. The van der Waals surface area contributed by atoms with Crippen LogP contribution in [0.4, 0.5) is 5.69 Å². The zero-order valence-electron chi connectivity index (χ0n) is 13.9. The van der Waals surface area contributed by atoms with Crippen molar-refractivity contribution < 1.29 is 4.79 Å². The molecule has 2 aromatic rings. The Labute approximate surface area is 147 Å². The van der Waals surface area contributed by atoms with Crippen molar-refractivity contribution in [3.05, 3.63) is 54.4 Å². The summed E-state index contributed by atoms with van der Waals surface area (Å²) in [5.74, 6) is 0.994. The second-order valence-corrected chi connectivity index (χ2v) is 7.52. The predicted molar refractivity (Wildman–Crippen MR) is 99.1 cm³/mol. The number of thioether (sulfide) groups is 1. The molecule has 0 radical (unpaired) electrons. The van der Waals surface area contributed by atoms with E-state index in [1.807, 2.05) is 31.3 Å². The Balaban J connectivity index is 1.55. The van der Waals surface area contributed by atoms with Crippen molar-refractivity contribution in [2.75, 3.05) is 18.4 Å². The molecule has 1 aliphatic rings. The lowest BCUT2D eigenvalue weighted by Gasteiger charge is -2.32. The largest absolute Gasteiger partial charge is 0.326 e. The summed E-state index contributed by atoms with van der Waals surface area (Å²) < 4.78 is 0. The predicted octanol–water partition coefficient (Wildman–Crippen LogP) is 3.70. The topological polar surface area (TPSA) is 54.0 Å². The normalized spacial score (nSPS) is 20.5. The van der Waals surface area contributed by atoms with Crippen LogP contribution >= 0.6 is 11.8 Å². The van der Waals surface area contributed by atoms with E-state index in [4.69, 9.17) is 0 Å². The number of aromatic nitrogens is 1. The number of nitrogens with one attached hydrogen (secondary N) is 2. The molecule has 0 aliphatic carbocycles. The zero-order valence-corrected chi connectivity index (χ0v) is 14.7. The smallest absolute Gasteiger partial charge is 0.231 e. The molecular weight excluding hydrogens is 318 g/mol. The second kappa shape index (κ2) is 7.81. The minimum absolute atomic E-state index is 0.102. The van der Waals surface area contributed by atoms with Gasteiger partial charge in [0.15, 0.2) is 0 Å². The maximum absolute atomic E-state index is 12.5. The molecule has 1 aromatic heterocycles. The number of hydrogen-bond donors (Lipinski definition) is 2. The molecule has 5 heteroatoms. The number of piperidine rings is 1. The molecule has 0 saturated carbocycles. The first kappa shape index (κ1) is 17.0. The quantitative estimate of drug-likeness (QED) is 0.814. The van der Waals surface area contributed by atoms with E-state index >= 15 is 0 Å². The Hall–Kier alpha value is -1.85. The summed E-state index contributed by atoms with van der Waals surface area (Å²) in [4.78, 5) is 17.8. The SMILES string of the molecule is CC1(C(=O)Nc2ccc(SCc3cccnc3)cc2)CCCNC1. The Kier molecular flexibility index (Phi) is 5.53. The van der Waals surface area contributed by atoms with Crippen molar-refractivity contribution in [3.8, 4) is 0 Å². The van der Waals surface area contributed by atoms with Gasteiger partial charge in [-0.1, -0.05) is 6.07 Å². The lowest BCUT2D eigenvalue weighted by Crippen LogP contribution is -2.46. The van der Waals surface area contributed by atoms with Crippen LogP contribution in [-0.4, -0.2) is 24.0 Å².